The molecule has 1 aromatic rings. The Balaban J connectivity index is 2.86. The van der Waals surface area contributed by atoms with Crippen LogP contribution in [0.1, 0.15) is 18.2 Å². The number of nitrogens with zero attached hydrogens (tertiary/aromatic N) is 1. The molecule has 0 spiro atoms. The van der Waals surface area contributed by atoms with E-state index in [1.54, 1.807) is 0 Å². The topological polar surface area (TPSA) is 99.6 Å². The summed E-state index contributed by atoms with van der Waals surface area (Å²) in [4.78, 5) is 3.83. The highest BCUT2D eigenvalue weighted by Gasteiger charge is 2.21. The molecule has 6 heteroatoms. The van der Waals surface area contributed by atoms with Gasteiger partial charge in [0.05, 0.1) is 22.5 Å². The van der Waals surface area contributed by atoms with Crippen molar-refractivity contribution >= 4 is 17.3 Å². The number of pyridine rings is 1. The molecule has 1 rings (SSSR count). The molecule has 0 radical (unpaired) electrons. The zero-order valence-electron chi connectivity index (χ0n) is 7.97. The average Bonchev–Trinajstić information content (AvgIpc) is 2.17. The lowest BCUT2D eigenvalue weighted by Crippen LogP contribution is -2.21. The van der Waals surface area contributed by atoms with E-state index in [9.17, 15) is 10.2 Å². The van der Waals surface area contributed by atoms with Crippen molar-refractivity contribution in [2.24, 2.45) is 0 Å². The largest absolute Gasteiger partial charge is 0.397 e. The lowest BCUT2D eigenvalue weighted by Gasteiger charge is -2.17. The summed E-state index contributed by atoms with van der Waals surface area (Å²) in [7, 11) is 0. The highest BCUT2D eigenvalue weighted by Crippen LogP contribution is 2.24. The number of nitrogen functional groups attached to an aromatic ring is 1. The quantitative estimate of drug-likeness (QED) is 0.590. The van der Waals surface area contributed by atoms with Crippen LogP contribution in [0.25, 0.3) is 0 Å². The summed E-state index contributed by atoms with van der Waals surface area (Å²) in [6.07, 6.45) is -0.909. The van der Waals surface area contributed by atoms with Crippen LogP contribution in [0.15, 0.2) is 12.3 Å². The zero-order chi connectivity index (χ0) is 11.4. The van der Waals surface area contributed by atoms with E-state index < -0.39 is 12.2 Å². The van der Waals surface area contributed by atoms with Gasteiger partial charge in [0.1, 0.15) is 6.10 Å². The van der Waals surface area contributed by atoms with Crippen LogP contribution < -0.4 is 5.73 Å². The van der Waals surface area contributed by atoms with Gasteiger partial charge in [0.15, 0.2) is 0 Å². The molecular weight excluding hydrogens is 220 g/mol. The smallest absolute Gasteiger partial charge is 0.124 e. The van der Waals surface area contributed by atoms with Crippen LogP contribution in [-0.4, -0.2) is 33.0 Å². The first-order valence-corrected chi connectivity index (χ1v) is 4.82. The van der Waals surface area contributed by atoms with Gasteiger partial charge >= 0.3 is 0 Å². The predicted octanol–water partition coefficient (Wildman–Crippen LogP) is 0.0939. The molecule has 0 aliphatic heterocycles. The van der Waals surface area contributed by atoms with Crippen molar-refractivity contribution in [1.82, 2.24) is 4.98 Å². The van der Waals surface area contributed by atoms with Crippen LogP contribution >= 0.6 is 11.6 Å². The van der Waals surface area contributed by atoms with E-state index in [4.69, 9.17) is 22.4 Å². The minimum absolute atomic E-state index is 0.0604. The first-order chi connectivity index (χ1) is 7.06. The fourth-order valence-electron chi connectivity index (χ4n) is 1.19. The Morgan fingerprint density at radius 1 is 1.47 bits per heavy atom. The van der Waals surface area contributed by atoms with E-state index >= 15 is 0 Å². The van der Waals surface area contributed by atoms with Crippen molar-refractivity contribution in [1.29, 1.82) is 0 Å². The van der Waals surface area contributed by atoms with Gasteiger partial charge in [-0.2, -0.15) is 0 Å². The van der Waals surface area contributed by atoms with Crippen molar-refractivity contribution in [3.63, 3.8) is 0 Å². The second kappa shape index (κ2) is 5.27. The Morgan fingerprint density at radius 2 is 2.13 bits per heavy atom. The van der Waals surface area contributed by atoms with Gasteiger partial charge in [-0.25, -0.2) is 0 Å². The number of aliphatic hydroxyl groups is 3. The Bertz CT molecular complexity index is 335. The second-order valence-electron chi connectivity index (χ2n) is 3.15. The highest BCUT2D eigenvalue weighted by molar-refractivity contribution is 6.30. The lowest BCUT2D eigenvalue weighted by molar-refractivity contribution is 0.00235. The highest BCUT2D eigenvalue weighted by atomic mass is 35.5. The van der Waals surface area contributed by atoms with Crippen molar-refractivity contribution < 1.29 is 15.3 Å². The van der Waals surface area contributed by atoms with E-state index in [0.29, 0.717) is 5.02 Å². The van der Waals surface area contributed by atoms with Crippen LogP contribution in [0.5, 0.6) is 0 Å². The summed E-state index contributed by atoms with van der Waals surface area (Å²) < 4.78 is 0. The summed E-state index contributed by atoms with van der Waals surface area (Å²) in [5.74, 6) is 0. The van der Waals surface area contributed by atoms with Gasteiger partial charge in [0.2, 0.25) is 0 Å². The van der Waals surface area contributed by atoms with Gasteiger partial charge in [0, 0.05) is 12.8 Å². The van der Waals surface area contributed by atoms with Crippen molar-refractivity contribution in [3.8, 4) is 0 Å². The number of aromatic nitrogens is 1. The molecule has 15 heavy (non-hydrogen) atoms. The number of halogens is 1. The molecule has 0 saturated heterocycles. The third-order valence-corrected chi connectivity index (χ3v) is 2.19. The predicted molar refractivity (Wildman–Crippen MR) is 56.3 cm³/mol. The Morgan fingerprint density at radius 3 is 2.67 bits per heavy atom. The van der Waals surface area contributed by atoms with Crippen LogP contribution in [0, 0.1) is 0 Å². The molecule has 1 aromatic heterocycles. The molecule has 5 nitrogen and oxygen atoms in total. The molecule has 0 saturated carbocycles. The van der Waals surface area contributed by atoms with Gasteiger partial charge in [0.25, 0.3) is 0 Å². The van der Waals surface area contributed by atoms with Crippen LogP contribution in [0.3, 0.4) is 0 Å². The molecule has 0 fully saturated rings. The van der Waals surface area contributed by atoms with Gasteiger partial charge in [-0.1, -0.05) is 11.6 Å². The van der Waals surface area contributed by atoms with E-state index in [1.165, 1.54) is 12.3 Å². The second-order valence-corrected chi connectivity index (χ2v) is 3.59. The number of anilines is 1. The maximum atomic E-state index is 9.65. The number of rotatable bonds is 4. The normalized spacial score (nSPS) is 14.9. The van der Waals surface area contributed by atoms with Crippen LogP contribution in [0.4, 0.5) is 5.69 Å². The molecule has 0 aromatic carbocycles. The van der Waals surface area contributed by atoms with E-state index in [0.717, 1.165) is 0 Å². The zero-order valence-corrected chi connectivity index (χ0v) is 8.72. The summed E-state index contributed by atoms with van der Waals surface area (Å²) in [5, 5.41) is 28.0. The van der Waals surface area contributed by atoms with Crippen LogP contribution in [0.2, 0.25) is 5.02 Å². The first-order valence-electron chi connectivity index (χ1n) is 4.44. The van der Waals surface area contributed by atoms with Gasteiger partial charge < -0.3 is 21.1 Å². The molecule has 0 bridgehead atoms. The Hall–Kier alpha value is -0.880. The Kier molecular flexibility index (Phi) is 4.28. The van der Waals surface area contributed by atoms with E-state index in [-0.39, 0.29) is 24.4 Å². The molecule has 0 aliphatic carbocycles. The molecule has 1 heterocycles. The fraction of sp³-hybridized carbons (Fsp3) is 0.444. The molecule has 0 amide bonds. The molecule has 84 valence electrons. The van der Waals surface area contributed by atoms with Gasteiger partial charge in [-0.05, 0) is 12.5 Å². The summed E-state index contributed by atoms with van der Waals surface area (Å²) >= 11 is 5.64. The van der Waals surface area contributed by atoms with E-state index in [1.807, 2.05) is 0 Å². The van der Waals surface area contributed by atoms with Crippen molar-refractivity contribution in [3.05, 3.63) is 23.0 Å². The third-order valence-electron chi connectivity index (χ3n) is 1.99. The van der Waals surface area contributed by atoms with Gasteiger partial charge in [-0.3, -0.25) is 4.98 Å². The summed E-state index contributed by atoms with van der Waals surface area (Å²) in [5.41, 5.74) is 5.96. The number of aliphatic hydroxyl groups excluding tert-OH is 3. The lowest BCUT2D eigenvalue weighted by atomic mass is 10.1. The molecule has 5 N–H and O–H groups in total. The summed E-state index contributed by atoms with van der Waals surface area (Å²) in [6, 6.07) is 1.44. The molecular formula is C9H13ClN2O3. The minimum atomic E-state index is -1.21. The third kappa shape index (κ3) is 3.04. The number of nitrogens with two attached hydrogens (primary N) is 1. The number of hydrogen-bond donors (Lipinski definition) is 4. The summed E-state index contributed by atoms with van der Waals surface area (Å²) in [6.45, 7) is -0.217. The molecule has 2 atom stereocenters. The maximum absolute atomic E-state index is 9.65. The van der Waals surface area contributed by atoms with Gasteiger partial charge in [-0.15, -0.1) is 0 Å². The monoisotopic (exact) mass is 232 g/mol. The number of hydrogen-bond acceptors (Lipinski definition) is 5. The fourth-order valence-corrected chi connectivity index (χ4v) is 1.35. The van der Waals surface area contributed by atoms with Crippen LogP contribution in [-0.2, 0) is 0 Å². The van der Waals surface area contributed by atoms with Crippen molar-refractivity contribution in [2.75, 3.05) is 12.3 Å². The maximum Gasteiger partial charge on any atom is 0.124 e. The van der Waals surface area contributed by atoms with Crippen molar-refractivity contribution in [2.45, 2.75) is 18.6 Å². The Labute approximate surface area is 92.1 Å². The standard InChI is InChI=1S/C9H13ClN2O3/c10-5-3-6(11)8(12-4-5)9(15)7(14)1-2-13/h3-4,7,9,13-15H,1-2,11H2. The molecule has 2 unspecified atom stereocenters. The van der Waals surface area contributed by atoms with E-state index in [2.05, 4.69) is 4.98 Å². The minimum Gasteiger partial charge on any atom is -0.397 e. The average molecular weight is 233 g/mol. The first kappa shape index (κ1) is 12.2. The molecule has 0 aliphatic rings. The SMILES string of the molecule is Nc1cc(Cl)cnc1C(O)C(O)CCO.